The molecule has 10 heteroatoms. The van der Waals surface area contributed by atoms with Crippen LogP contribution in [-0.4, -0.2) is 33.9 Å². The van der Waals surface area contributed by atoms with E-state index >= 15 is 0 Å². The van der Waals surface area contributed by atoms with Crippen molar-refractivity contribution in [3.63, 3.8) is 0 Å². The number of carbonyl (C=O) groups is 2. The van der Waals surface area contributed by atoms with Gasteiger partial charge in [0.15, 0.2) is 17.2 Å². The van der Waals surface area contributed by atoms with Crippen molar-refractivity contribution in [3.05, 3.63) is 65.2 Å². The first-order chi connectivity index (χ1) is 15.1. The van der Waals surface area contributed by atoms with Crippen LogP contribution < -0.4 is 14.8 Å². The van der Waals surface area contributed by atoms with Crippen LogP contribution in [0, 0.1) is 0 Å². The normalized spacial score (nSPS) is 12.0. The number of hydrogen-bond donors (Lipinski definition) is 2. The van der Waals surface area contributed by atoms with Crippen molar-refractivity contribution in [2.75, 3.05) is 12.1 Å². The first-order valence-corrected chi connectivity index (χ1v) is 9.93. The Morgan fingerprint density at radius 1 is 1.10 bits per heavy atom. The Kier molecular flexibility index (Phi) is 4.60. The topological polar surface area (TPSA) is 124 Å². The SMILES string of the molecule is O=C(Nc1onc(-c2nccs2)c1-c1ccccc1C(=O)O)c1ccc2c(c1)OCO2. The van der Waals surface area contributed by atoms with Gasteiger partial charge in [-0.25, -0.2) is 9.78 Å². The molecule has 0 saturated carbocycles. The van der Waals surface area contributed by atoms with Crippen LogP contribution in [0.4, 0.5) is 5.88 Å². The monoisotopic (exact) mass is 435 g/mol. The molecule has 4 aromatic rings. The fourth-order valence-corrected chi connectivity index (χ4v) is 3.84. The molecule has 0 atom stereocenters. The van der Waals surface area contributed by atoms with Gasteiger partial charge in [0.2, 0.25) is 12.7 Å². The van der Waals surface area contributed by atoms with Gasteiger partial charge in [0, 0.05) is 22.7 Å². The van der Waals surface area contributed by atoms with Gasteiger partial charge in [-0.2, -0.15) is 0 Å². The summed E-state index contributed by atoms with van der Waals surface area (Å²) in [6.45, 7) is 0.0931. The number of amides is 1. The summed E-state index contributed by atoms with van der Waals surface area (Å²) in [7, 11) is 0. The van der Waals surface area contributed by atoms with E-state index in [1.54, 1.807) is 48.0 Å². The molecule has 1 amide bonds. The van der Waals surface area contributed by atoms with E-state index in [0.29, 0.717) is 38.9 Å². The highest BCUT2D eigenvalue weighted by atomic mass is 32.1. The van der Waals surface area contributed by atoms with Crippen molar-refractivity contribution in [2.45, 2.75) is 0 Å². The van der Waals surface area contributed by atoms with E-state index in [1.165, 1.54) is 17.4 Å². The highest BCUT2D eigenvalue weighted by Gasteiger charge is 2.26. The number of nitrogens with zero attached hydrogens (tertiary/aromatic N) is 2. The number of ether oxygens (including phenoxy) is 2. The minimum atomic E-state index is -1.12. The summed E-state index contributed by atoms with van der Waals surface area (Å²) in [6, 6.07) is 11.2. The second kappa shape index (κ2) is 7.58. The lowest BCUT2D eigenvalue weighted by atomic mass is 9.99. The van der Waals surface area contributed by atoms with E-state index in [-0.39, 0.29) is 18.2 Å². The minimum absolute atomic E-state index is 0.0153. The summed E-state index contributed by atoms with van der Waals surface area (Å²) in [5.41, 5.74) is 1.38. The third kappa shape index (κ3) is 3.38. The molecule has 154 valence electrons. The molecule has 0 bridgehead atoms. The lowest BCUT2D eigenvalue weighted by Crippen LogP contribution is -2.12. The van der Waals surface area contributed by atoms with Crippen LogP contribution >= 0.6 is 11.3 Å². The first kappa shape index (κ1) is 18.8. The molecule has 1 aliphatic heterocycles. The van der Waals surface area contributed by atoms with Gasteiger partial charge in [-0.05, 0) is 24.3 Å². The standard InChI is InChI=1S/C21H13N3O6S/c25-18(11-5-6-14-15(9-11)29-10-28-14)23-19-16(12-3-1-2-4-13(12)21(26)27)17(24-30-19)20-22-7-8-31-20/h1-9H,10H2,(H,23,25)(H,26,27). The minimum Gasteiger partial charge on any atom is -0.478 e. The Balaban J connectivity index is 1.58. The number of aromatic nitrogens is 2. The molecule has 0 aliphatic carbocycles. The molecule has 2 aromatic carbocycles. The van der Waals surface area contributed by atoms with Crippen molar-refractivity contribution in [3.8, 4) is 33.3 Å². The lowest BCUT2D eigenvalue weighted by Gasteiger charge is -2.08. The Hall–Kier alpha value is -4.18. The van der Waals surface area contributed by atoms with Crippen LogP contribution in [0.5, 0.6) is 11.5 Å². The summed E-state index contributed by atoms with van der Waals surface area (Å²) in [5, 5.41) is 18.7. The molecule has 0 radical (unpaired) electrons. The maximum Gasteiger partial charge on any atom is 0.336 e. The zero-order valence-electron chi connectivity index (χ0n) is 15.7. The van der Waals surface area contributed by atoms with Crippen molar-refractivity contribution >= 4 is 29.1 Å². The van der Waals surface area contributed by atoms with Crippen molar-refractivity contribution in [1.29, 1.82) is 0 Å². The third-order valence-corrected chi connectivity index (χ3v) is 5.40. The average Bonchev–Trinajstić information content (AvgIpc) is 3.53. The Labute approximate surface area is 178 Å². The number of benzene rings is 2. The predicted molar refractivity (Wildman–Crippen MR) is 111 cm³/mol. The number of anilines is 1. The van der Waals surface area contributed by atoms with E-state index in [4.69, 9.17) is 14.0 Å². The van der Waals surface area contributed by atoms with Crippen molar-refractivity contribution in [2.24, 2.45) is 0 Å². The molecular formula is C21H13N3O6S. The number of carboxylic acids is 1. The van der Waals surface area contributed by atoms with E-state index in [9.17, 15) is 14.7 Å². The molecule has 1 aliphatic rings. The molecule has 0 unspecified atom stereocenters. The maximum absolute atomic E-state index is 12.9. The first-order valence-electron chi connectivity index (χ1n) is 9.05. The van der Waals surface area contributed by atoms with Crippen LogP contribution in [0.15, 0.2) is 58.6 Å². The summed E-state index contributed by atoms with van der Waals surface area (Å²) >= 11 is 1.32. The van der Waals surface area contributed by atoms with Crippen molar-refractivity contribution < 1.29 is 28.7 Å². The molecule has 3 heterocycles. The largest absolute Gasteiger partial charge is 0.478 e. The van der Waals surface area contributed by atoms with Gasteiger partial charge in [-0.3, -0.25) is 10.1 Å². The number of hydrogen-bond acceptors (Lipinski definition) is 8. The summed E-state index contributed by atoms with van der Waals surface area (Å²) in [4.78, 5) is 28.9. The van der Waals surface area contributed by atoms with Gasteiger partial charge >= 0.3 is 5.97 Å². The molecule has 9 nitrogen and oxygen atoms in total. The molecule has 31 heavy (non-hydrogen) atoms. The number of fused-ring (bicyclic) bond motifs is 1. The number of carboxylic acid groups (broad SMARTS) is 1. The number of aromatic carboxylic acids is 1. The predicted octanol–water partition coefficient (Wildman–Crippen LogP) is 4.14. The molecule has 0 fully saturated rings. The van der Waals surface area contributed by atoms with Gasteiger partial charge in [0.25, 0.3) is 5.91 Å². The van der Waals surface area contributed by atoms with Gasteiger partial charge < -0.3 is 19.1 Å². The van der Waals surface area contributed by atoms with Gasteiger partial charge in [-0.1, -0.05) is 23.4 Å². The Morgan fingerprint density at radius 3 is 2.74 bits per heavy atom. The molecule has 2 aromatic heterocycles. The quantitative estimate of drug-likeness (QED) is 0.479. The summed E-state index contributed by atoms with van der Waals surface area (Å²) < 4.78 is 16.0. The summed E-state index contributed by atoms with van der Waals surface area (Å²) in [6.07, 6.45) is 1.60. The van der Waals surface area contributed by atoms with Crippen LogP contribution in [0.2, 0.25) is 0 Å². The molecule has 5 rings (SSSR count). The Bertz CT molecular complexity index is 1300. The Morgan fingerprint density at radius 2 is 1.94 bits per heavy atom. The van der Waals surface area contributed by atoms with Gasteiger partial charge in [0.05, 0.1) is 11.1 Å². The summed E-state index contributed by atoms with van der Waals surface area (Å²) in [5.74, 6) is -0.561. The fourth-order valence-electron chi connectivity index (χ4n) is 3.21. The van der Waals surface area contributed by atoms with Crippen LogP contribution in [0.25, 0.3) is 21.8 Å². The van der Waals surface area contributed by atoms with Crippen molar-refractivity contribution in [1.82, 2.24) is 10.1 Å². The van der Waals surface area contributed by atoms with E-state index in [1.807, 2.05) is 0 Å². The second-order valence-corrected chi connectivity index (χ2v) is 7.34. The van der Waals surface area contributed by atoms with Crippen LogP contribution in [0.3, 0.4) is 0 Å². The zero-order chi connectivity index (χ0) is 21.4. The highest BCUT2D eigenvalue weighted by molar-refractivity contribution is 7.13. The van der Waals surface area contributed by atoms with E-state index in [2.05, 4.69) is 15.5 Å². The molecule has 0 spiro atoms. The van der Waals surface area contributed by atoms with Crippen LogP contribution in [0.1, 0.15) is 20.7 Å². The number of nitrogens with one attached hydrogen (secondary N) is 1. The third-order valence-electron chi connectivity index (χ3n) is 4.62. The molecular weight excluding hydrogens is 422 g/mol. The fraction of sp³-hybridized carbons (Fsp3) is 0.0476. The van der Waals surface area contributed by atoms with E-state index < -0.39 is 11.9 Å². The van der Waals surface area contributed by atoms with Gasteiger partial charge in [-0.15, -0.1) is 11.3 Å². The van der Waals surface area contributed by atoms with Crippen LogP contribution in [-0.2, 0) is 0 Å². The highest BCUT2D eigenvalue weighted by Crippen LogP contribution is 2.40. The lowest BCUT2D eigenvalue weighted by molar-refractivity contribution is 0.0697. The smallest absolute Gasteiger partial charge is 0.336 e. The number of thiazole rings is 1. The average molecular weight is 435 g/mol. The van der Waals surface area contributed by atoms with E-state index in [0.717, 1.165) is 0 Å². The maximum atomic E-state index is 12.9. The number of carbonyl (C=O) groups excluding carboxylic acids is 1. The number of rotatable bonds is 5. The zero-order valence-corrected chi connectivity index (χ0v) is 16.5. The molecule has 2 N–H and O–H groups in total. The molecule has 0 saturated heterocycles. The van der Waals surface area contributed by atoms with Gasteiger partial charge in [0.1, 0.15) is 5.01 Å². The second-order valence-electron chi connectivity index (χ2n) is 6.45.